The molecule has 2 N–H and O–H groups in total. The molecule has 0 bridgehead atoms. The van der Waals surface area contributed by atoms with Crippen LogP contribution in [0.5, 0.6) is 0 Å². The predicted molar refractivity (Wildman–Crippen MR) is 65.5 cm³/mol. The molecule has 0 saturated carbocycles. The molecule has 0 radical (unpaired) electrons. The molecule has 2 rings (SSSR count). The fraction of sp³-hybridized carbons (Fsp3) is 0.400. The zero-order valence-electron chi connectivity index (χ0n) is 7.69. The van der Waals surface area contributed by atoms with Crippen molar-refractivity contribution in [2.75, 3.05) is 19.6 Å². The molecule has 0 aromatic heterocycles. The summed E-state index contributed by atoms with van der Waals surface area (Å²) in [6.45, 7) is 3.08. The Morgan fingerprint density at radius 2 is 2.07 bits per heavy atom. The number of rotatable bonds is 1. The second kappa shape index (κ2) is 4.75. The second-order valence-corrected chi connectivity index (χ2v) is 5.15. The van der Waals surface area contributed by atoms with Crippen LogP contribution in [0.15, 0.2) is 27.1 Å². The van der Waals surface area contributed by atoms with Gasteiger partial charge in [0.2, 0.25) is 0 Å². The molecule has 0 aliphatic carbocycles. The van der Waals surface area contributed by atoms with Gasteiger partial charge < -0.3 is 10.6 Å². The smallest absolute Gasteiger partial charge is 0.0458 e. The van der Waals surface area contributed by atoms with Crippen LogP contribution in [-0.2, 0) is 0 Å². The standard InChI is InChI=1S/C10H12Br2N2/c11-7-1-2-9(12)8(5-7)10-6-13-3-4-14-10/h1-2,5,10,13-14H,3-4,6H2/t10-/m0/s1. The maximum absolute atomic E-state index is 3.58. The summed E-state index contributed by atoms with van der Waals surface area (Å²) in [6, 6.07) is 6.70. The number of hydrogen-bond donors (Lipinski definition) is 2. The second-order valence-electron chi connectivity index (χ2n) is 3.38. The Bertz CT molecular complexity index is 322. The highest BCUT2D eigenvalue weighted by molar-refractivity contribution is 9.11. The largest absolute Gasteiger partial charge is 0.314 e. The first-order valence-electron chi connectivity index (χ1n) is 4.66. The van der Waals surface area contributed by atoms with Crippen molar-refractivity contribution in [1.29, 1.82) is 0 Å². The van der Waals surface area contributed by atoms with Crippen LogP contribution in [0.1, 0.15) is 11.6 Å². The average molecular weight is 320 g/mol. The molecule has 1 aromatic carbocycles. The number of benzene rings is 1. The molecule has 1 heterocycles. The van der Waals surface area contributed by atoms with Gasteiger partial charge in [-0.1, -0.05) is 31.9 Å². The molecule has 1 aliphatic heterocycles. The maximum Gasteiger partial charge on any atom is 0.0458 e. The van der Waals surface area contributed by atoms with Crippen molar-refractivity contribution in [3.05, 3.63) is 32.7 Å². The zero-order valence-corrected chi connectivity index (χ0v) is 10.9. The average Bonchev–Trinajstić information content (AvgIpc) is 2.23. The first-order valence-corrected chi connectivity index (χ1v) is 6.25. The number of nitrogens with one attached hydrogen (secondary N) is 2. The van der Waals surface area contributed by atoms with Gasteiger partial charge in [0.15, 0.2) is 0 Å². The Kier molecular flexibility index (Phi) is 3.60. The van der Waals surface area contributed by atoms with Gasteiger partial charge in [-0.2, -0.15) is 0 Å². The van der Waals surface area contributed by atoms with E-state index in [4.69, 9.17) is 0 Å². The highest BCUT2D eigenvalue weighted by atomic mass is 79.9. The minimum atomic E-state index is 0.413. The summed E-state index contributed by atoms with van der Waals surface area (Å²) >= 11 is 7.07. The Balaban J connectivity index is 2.24. The third-order valence-corrected chi connectivity index (χ3v) is 3.59. The molecule has 0 amide bonds. The van der Waals surface area contributed by atoms with Gasteiger partial charge in [-0.3, -0.25) is 0 Å². The van der Waals surface area contributed by atoms with E-state index in [9.17, 15) is 0 Å². The lowest BCUT2D eigenvalue weighted by atomic mass is 10.1. The van der Waals surface area contributed by atoms with Crippen molar-refractivity contribution in [1.82, 2.24) is 10.6 Å². The molecule has 4 heteroatoms. The Morgan fingerprint density at radius 3 is 2.79 bits per heavy atom. The van der Waals surface area contributed by atoms with Gasteiger partial charge in [-0.15, -0.1) is 0 Å². The SMILES string of the molecule is Brc1ccc(Br)c([C@@H]2CNCCN2)c1. The molecule has 1 saturated heterocycles. The molecule has 1 aliphatic rings. The zero-order chi connectivity index (χ0) is 9.97. The fourth-order valence-corrected chi connectivity index (χ4v) is 2.56. The van der Waals surface area contributed by atoms with Crippen molar-refractivity contribution in [3.63, 3.8) is 0 Å². The van der Waals surface area contributed by atoms with Gasteiger partial charge >= 0.3 is 0 Å². The normalized spacial score (nSPS) is 22.3. The van der Waals surface area contributed by atoms with E-state index in [0.717, 1.165) is 24.1 Å². The highest BCUT2D eigenvalue weighted by Crippen LogP contribution is 2.27. The van der Waals surface area contributed by atoms with E-state index in [1.165, 1.54) is 10.0 Å². The van der Waals surface area contributed by atoms with Crippen LogP contribution >= 0.6 is 31.9 Å². The molecule has 76 valence electrons. The molecule has 2 nitrogen and oxygen atoms in total. The number of hydrogen-bond acceptors (Lipinski definition) is 2. The molecular weight excluding hydrogens is 308 g/mol. The molecule has 0 unspecified atom stereocenters. The van der Waals surface area contributed by atoms with Gasteiger partial charge in [0.25, 0.3) is 0 Å². The summed E-state index contributed by atoms with van der Waals surface area (Å²) in [5, 5.41) is 6.87. The number of halogens is 2. The van der Waals surface area contributed by atoms with E-state index < -0.39 is 0 Å². The van der Waals surface area contributed by atoms with Crippen LogP contribution in [0.3, 0.4) is 0 Å². The van der Waals surface area contributed by atoms with E-state index in [0.29, 0.717) is 6.04 Å². The van der Waals surface area contributed by atoms with Crippen LogP contribution in [-0.4, -0.2) is 19.6 Å². The topological polar surface area (TPSA) is 24.1 Å². The summed E-state index contributed by atoms with van der Waals surface area (Å²) in [5.41, 5.74) is 1.31. The summed E-state index contributed by atoms with van der Waals surface area (Å²) in [6.07, 6.45) is 0. The lowest BCUT2D eigenvalue weighted by Crippen LogP contribution is -2.42. The summed E-state index contributed by atoms with van der Waals surface area (Å²) in [4.78, 5) is 0. The van der Waals surface area contributed by atoms with Crippen molar-refractivity contribution in [3.8, 4) is 0 Å². The first kappa shape index (κ1) is 10.6. The van der Waals surface area contributed by atoms with E-state index >= 15 is 0 Å². The van der Waals surface area contributed by atoms with Gasteiger partial charge in [-0.25, -0.2) is 0 Å². The van der Waals surface area contributed by atoms with E-state index in [1.54, 1.807) is 0 Å². The van der Waals surface area contributed by atoms with Gasteiger partial charge in [0.1, 0.15) is 0 Å². The fourth-order valence-electron chi connectivity index (χ4n) is 1.65. The van der Waals surface area contributed by atoms with Crippen LogP contribution < -0.4 is 10.6 Å². The Hall–Kier alpha value is 0.1000. The van der Waals surface area contributed by atoms with Crippen LogP contribution in [0.25, 0.3) is 0 Å². The van der Waals surface area contributed by atoms with Crippen LogP contribution in [0, 0.1) is 0 Å². The minimum Gasteiger partial charge on any atom is -0.314 e. The summed E-state index contributed by atoms with van der Waals surface area (Å²) in [5.74, 6) is 0. The number of piperazine rings is 1. The Labute approximate surface area is 101 Å². The third kappa shape index (κ3) is 2.37. The summed E-state index contributed by atoms with van der Waals surface area (Å²) in [7, 11) is 0. The third-order valence-electron chi connectivity index (χ3n) is 2.37. The minimum absolute atomic E-state index is 0.413. The molecule has 0 spiro atoms. The summed E-state index contributed by atoms with van der Waals surface area (Å²) < 4.78 is 2.30. The maximum atomic E-state index is 3.58. The van der Waals surface area contributed by atoms with Gasteiger partial charge in [0.05, 0.1) is 0 Å². The molecular formula is C10H12Br2N2. The van der Waals surface area contributed by atoms with Crippen LogP contribution in [0.4, 0.5) is 0 Å². The van der Waals surface area contributed by atoms with E-state index in [-0.39, 0.29) is 0 Å². The van der Waals surface area contributed by atoms with Gasteiger partial charge in [-0.05, 0) is 23.8 Å². The van der Waals surface area contributed by atoms with Crippen molar-refractivity contribution >= 4 is 31.9 Å². The first-order chi connectivity index (χ1) is 6.77. The van der Waals surface area contributed by atoms with Crippen molar-refractivity contribution in [2.45, 2.75) is 6.04 Å². The molecule has 14 heavy (non-hydrogen) atoms. The van der Waals surface area contributed by atoms with Gasteiger partial charge in [0, 0.05) is 34.6 Å². The van der Waals surface area contributed by atoms with E-state index in [2.05, 4.69) is 54.6 Å². The lowest BCUT2D eigenvalue weighted by molar-refractivity contribution is 0.429. The lowest BCUT2D eigenvalue weighted by Gasteiger charge is -2.25. The Morgan fingerprint density at radius 1 is 1.21 bits per heavy atom. The monoisotopic (exact) mass is 318 g/mol. The predicted octanol–water partition coefficient (Wildman–Crippen LogP) is 2.45. The quantitative estimate of drug-likeness (QED) is 0.831. The van der Waals surface area contributed by atoms with E-state index in [1.807, 2.05) is 6.07 Å². The molecule has 1 aromatic rings. The molecule has 1 atom stereocenters. The van der Waals surface area contributed by atoms with Crippen LogP contribution in [0.2, 0.25) is 0 Å². The molecule has 1 fully saturated rings. The highest BCUT2D eigenvalue weighted by Gasteiger charge is 2.16. The van der Waals surface area contributed by atoms with Crippen molar-refractivity contribution < 1.29 is 0 Å². The van der Waals surface area contributed by atoms with Crippen molar-refractivity contribution in [2.24, 2.45) is 0 Å².